The van der Waals surface area contributed by atoms with Crippen LogP contribution in [0.2, 0.25) is 0 Å². The van der Waals surface area contributed by atoms with Crippen molar-refractivity contribution in [3.8, 4) is 0 Å². The minimum absolute atomic E-state index is 0.0534. The highest BCUT2D eigenvalue weighted by Gasteiger charge is 2.58. The first-order chi connectivity index (χ1) is 7.18. The molecule has 0 saturated heterocycles. The van der Waals surface area contributed by atoms with Gasteiger partial charge in [-0.25, -0.2) is 0 Å². The molecule has 4 bridgehead atoms. The van der Waals surface area contributed by atoms with Gasteiger partial charge in [0.05, 0.1) is 0 Å². The van der Waals surface area contributed by atoms with Gasteiger partial charge >= 0.3 is 5.97 Å². The van der Waals surface area contributed by atoms with Gasteiger partial charge in [0.1, 0.15) is 11.9 Å². The molecule has 0 radical (unpaired) electrons. The van der Waals surface area contributed by atoms with Crippen LogP contribution >= 0.6 is 0 Å². The highest BCUT2D eigenvalue weighted by molar-refractivity contribution is 5.87. The number of hydrogen-bond donors (Lipinski definition) is 0. The zero-order valence-electron chi connectivity index (χ0n) is 8.94. The van der Waals surface area contributed by atoms with Crippen LogP contribution in [0.5, 0.6) is 0 Å². The van der Waals surface area contributed by atoms with E-state index in [1.165, 1.54) is 6.92 Å². The van der Waals surface area contributed by atoms with E-state index in [4.69, 9.17) is 4.74 Å². The Hall–Kier alpha value is -0.860. The van der Waals surface area contributed by atoms with E-state index >= 15 is 0 Å². The van der Waals surface area contributed by atoms with Crippen molar-refractivity contribution in [2.24, 2.45) is 23.7 Å². The van der Waals surface area contributed by atoms with E-state index in [-0.39, 0.29) is 23.9 Å². The molecule has 3 heteroatoms. The van der Waals surface area contributed by atoms with Gasteiger partial charge in [-0.05, 0) is 25.7 Å². The number of ketones is 1. The number of esters is 1. The summed E-state index contributed by atoms with van der Waals surface area (Å²) in [5.74, 6) is 1.36. The third-order valence-corrected chi connectivity index (χ3v) is 4.53. The number of rotatable bonds is 1. The maximum Gasteiger partial charge on any atom is 0.302 e. The number of ether oxygens (including phenoxy) is 1. The van der Waals surface area contributed by atoms with Gasteiger partial charge in [-0.15, -0.1) is 0 Å². The predicted molar refractivity (Wildman–Crippen MR) is 53.0 cm³/mol. The Kier molecular flexibility index (Phi) is 1.91. The number of fused-ring (bicyclic) bond motifs is 6. The Labute approximate surface area is 89.2 Å². The van der Waals surface area contributed by atoms with Gasteiger partial charge in [0, 0.05) is 30.6 Å². The van der Waals surface area contributed by atoms with E-state index in [0.29, 0.717) is 17.6 Å². The largest absolute Gasteiger partial charge is 0.462 e. The molecule has 0 aromatic rings. The molecule has 0 aliphatic heterocycles. The van der Waals surface area contributed by atoms with Crippen LogP contribution in [0.1, 0.15) is 32.6 Å². The van der Waals surface area contributed by atoms with Crippen molar-refractivity contribution in [3.63, 3.8) is 0 Å². The molecule has 0 aromatic heterocycles. The summed E-state index contributed by atoms with van der Waals surface area (Å²) in [4.78, 5) is 23.0. The van der Waals surface area contributed by atoms with Gasteiger partial charge < -0.3 is 4.74 Å². The topological polar surface area (TPSA) is 43.4 Å². The van der Waals surface area contributed by atoms with Gasteiger partial charge in [0.2, 0.25) is 0 Å². The molecular weight excluding hydrogens is 192 g/mol. The summed E-state index contributed by atoms with van der Waals surface area (Å²) in [6, 6.07) is 0. The summed E-state index contributed by atoms with van der Waals surface area (Å²) in [5.41, 5.74) is 0. The van der Waals surface area contributed by atoms with Crippen LogP contribution < -0.4 is 0 Å². The average Bonchev–Trinajstić information content (AvgIpc) is 2.56. The second-order valence-electron chi connectivity index (χ2n) is 5.17. The summed E-state index contributed by atoms with van der Waals surface area (Å²) in [7, 11) is 0. The zero-order chi connectivity index (χ0) is 10.6. The lowest BCUT2D eigenvalue weighted by Gasteiger charge is -2.33. The van der Waals surface area contributed by atoms with Crippen molar-refractivity contribution in [2.45, 2.75) is 38.7 Å². The third-order valence-electron chi connectivity index (χ3n) is 4.53. The van der Waals surface area contributed by atoms with E-state index in [2.05, 4.69) is 0 Å². The van der Waals surface area contributed by atoms with Gasteiger partial charge in [-0.2, -0.15) is 0 Å². The minimum atomic E-state index is -0.189. The van der Waals surface area contributed by atoms with Gasteiger partial charge in [-0.1, -0.05) is 0 Å². The first-order valence-corrected chi connectivity index (χ1v) is 5.89. The van der Waals surface area contributed by atoms with Crippen LogP contribution in [-0.2, 0) is 14.3 Å². The summed E-state index contributed by atoms with van der Waals surface area (Å²) in [6.45, 7) is 1.47. The Bertz CT molecular complexity index is 301. The Morgan fingerprint density at radius 2 is 1.67 bits per heavy atom. The first kappa shape index (κ1) is 9.37. The van der Waals surface area contributed by atoms with Crippen LogP contribution in [0.25, 0.3) is 0 Å². The van der Waals surface area contributed by atoms with Crippen LogP contribution in [-0.4, -0.2) is 17.9 Å². The van der Waals surface area contributed by atoms with E-state index in [1.54, 1.807) is 0 Å². The maximum absolute atomic E-state index is 11.9. The van der Waals surface area contributed by atoms with Crippen molar-refractivity contribution in [1.82, 2.24) is 0 Å². The Morgan fingerprint density at radius 1 is 1.13 bits per heavy atom. The molecule has 3 aliphatic rings. The molecule has 0 N–H and O–H groups in total. The number of carbonyl (C=O) groups excluding carboxylic acids is 2. The van der Waals surface area contributed by atoms with Crippen molar-refractivity contribution in [2.75, 3.05) is 0 Å². The van der Waals surface area contributed by atoms with E-state index in [0.717, 1.165) is 25.7 Å². The SMILES string of the molecule is CC(=O)OC1C2CCC1C1CCC2C1=O. The highest BCUT2D eigenvalue weighted by atomic mass is 16.5. The molecule has 3 fully saturated rings. The fourth-order valence-electron chi connectivity index (χ4n) is 4.03. The lowest BCUT2D eigenvalue weighted by molar-refractivity contribution is -0.158. The molecule has 0 spiro atoms. The second kappa shape index (κ2) is 3.06. The molecule has 3 nitrogen and oxygen atoms in total. The van der Waals surface area contributed by atoms with Crippen molar-refractivity contribution in [1.29, 1.82) is 0 Å². The number of hydrogen-bond acceptors (Lipinski definition) is 3. The van der Waals surface area contributed by atoms with Gasteiger partial charge in [0.25, 0.3) is 0 Å². The quantitative estimate of drug-likeness (QED) is 0.614. The van der Waals surface area contributed by atoms with Crippen molar-refractivity contribution < 1.29 is 14.3 Å². The summed E-state index contributed by atoms with van der Waals surface area (Å²) in [5, 5.41) is 0. The summed E-state index contributed by atoms with van der Waals surface area (Å²) < 4.78 is 5.42. The van der Waals surface area contributed by atoms with Gasteiger partial charge in [-0.3, -0.25) is 9.59 Å². The van der Waals surface area contributed by atoms with Crippen LogP contribution in [0.3, 0.4) is 0 Å². The molecule has 0 amide bonds. The molecule has 4 unspecified atom stereocenters. The lowest BCUT2D eigenvalue weighted by atomic mass is 9.76. The fourth-order valence-corrected chi connectivity index (χ4v) is 4.03. The normalized spacial score (nSPS) is 47.0. The van der Waals surface area contributed by atoms with E-state index in [9.17, 15) is 9.59 Å². The number of Topliss-reactive ketones (excluding diaryl/α,β-unsaturated/α-hetero) is 1. The maximum atomic E-state index is 11.9. The monoisotopic (exact) mass is 208 g/mol. The van der Waals surface area contributed by atoms with E-state index in [1.807, 2.05) is 0 Å². The average molecular weight is 208 g/mol. The standard InChI is InChI=1S/C12H16O3/c1-6(13)15-12-9-4-5-10(12)8-3-2-7(9)11(8)14/h7-10,12H,2-5H2,1H3. The zero-order valence-corrected chi connectivity index (χ0v) is 8.94. The van der Waals surface area contributed by atoms with Crippen LogP contribution in [0, 0.1) is 23.7 Å². The Balaban J connectivity index is 1.89. The van der Waals surface area contributed by atoms with Gasteiger partial charge in [0.15, 0.2) is 0 Å². The molecule has 3 aliphatic carbocycles. The lowest BCUT2D eigenvalue weighted by Crippen LogP contribution is -2.42. The smallest absolute Gasteiger partial charge is 0.302 e. The molecule has 0 aromatic carbocycles. The fraction of sp³-hybridized carbons (Fsp3) is 0.833. The minimum Gasteiger partial charge on any atom is -0.462 e. The molecular formula is C12H16O3. The molecule has 3 saturated carbocycles. The highest BCUT2D eigenvalue weighted by Crippen LogP contribution is 2.55. The second-order valence-corrected chi connectivity index (χ2v) is 5.17. The predicted octanol–water partition coefficient (Wildman–Crippen LogP) is 1.55. The van der Waals surface area contributed by atoms with Crippen LogP contribution in [0.4, 0.5) is 0 Å². The molecule has 4 atom stereocenters. The van der Waals surface area contributed by atoms with Crippen molar-refractivity contribution >= 4 is 11.8 Å². The van der Waals surface area contributed by atoms with E-state index < -0.39 is 0 Å². The molecule has 82 valence electrons. The summed E-state index contributed by atoms with van der Waals surface area (Å²) in [6.07, 6.45) is 4.27. The summed E-state index contributed by atoms with van der Waals surface area (Å²) >= 11 is 0. The van der Waals surface area contributed by atoms with Crippen molar-refractivity contribution in [3.05, 3.63) is 0 Å². The molecule has 15 heavy (non-hydrogen) atoms. The Morgan fingerprint density at radius 3 is 2.13 bits per heavy atom. The molecule has 3 rings (SSSR count). The number of carbonyl (C=O) groups is 2. The molecule has 0 heterocycles. The third kappa shape index (κ3) is 1.18. The first-order valence-electron chi connectivity index (χ1n) is 5.89. The van der Waals surface area contributed by atoms with Crippen LogP contribution in [0.15, 0.2) is 0 Å².